The number of thioether (sulfide) groups is 2. The third kappa shape index (κ3) is 2.96. The molecular formula is C12H13N5O5S3. The molecule has 13 heteroatoms. The SMILES string of the molecule is COc1nnc(SCC2=C(C(=O)O)N3C(=O)[C@](N)(NC=O)[C@@H]3SC2)s1. The zero-order valence-electron chi connectivity index (χ0n) is 12.8. The van der Waals surface area contributed by atoms with Crippen LogP contribution >= 0.6 is 34.9 Å². The Morgan fingerprint density at radius 2 is 2.40 bits per heavy atom. The smallest absolute Gasteiger partial charge is 0.352 e. The number of carbonyl (C=O) groups is 3. The quantitative estimate of drug-likeness (QED) is 0.231. The number of nitrogens with two attached hydrogens (primary N) is 1. The van der Waals surface area contributed by atoms with Crippen LogP contribution in [0.5, 0.6) is 5.19 Å². The molecule has 134 valence electrons. The van der Waals surface area contributed by atoms with Crippen LogP contribution in [0.25, 0.3) is 0 Å². The summed E-state index contributed by atoms with van der Waals surface area (Å²) in [6, 6.07) is 0. The normalized spacial score (nSPS) is 25.3. The van der Waals surface area contributed by atoms with Crippen molar-refractivity contribution in [3.05, 3.63) is 11.3 Å². The minimum Gasteiger partial charge on any atom is -0.477 e. The number of nitrogens with zero attached hydrogens (tertiary/aromatic N) is 3. The Labute approximate surface area is 154 Å². The Morgan fingerprint density at radius 3 is 3.00 bits per heavy atom. The number of fused-ring (bicyclic) bond motifs is 1. The number of aromatic nitrogens is 2. The first-order valence-corrected chi connectivity index (χ1v) is 9.68. The first kappa shape index (κ1) is 18.0. The zero-order chi connectivity index (χ0) is 18.2. The molecule has 2 aliphatic heterocycles. The molecule has 25 heavy (non-hydrogen) atoms. The molecule has 1 aromatic heterocycles. The van der Waals surface area contributed by atoms with Crippen LogP contribution in [0.3, 0.4) is 0 Å². The number of β-lactam (4-membered cyclic amide) rings is 1. The van der Waals surface area contributed by atoms with Crippen LogP contribution in [-0.4, -0.2) is 68.1 Å². The highest BCUT2D eigenvalue weighted by Gasteiger charge is 2.62. The van der Waals surface area contributed by atoms with Crippen LogP contribution in [-0.2, 0) is 14.4 Å². The van der Waals surface area contributed by atoms with E-state index in [2.05, 4.69) is 15.5 Å². The fourth-order valence-corrected chi connectivity index (χ4v) is 5.64. The molecule has 3 rings (SSSR count). The molecule has 0 unspecified atom stereocenters. The lowest BCUT2D eigenvalue weighted by molar-refractivity contribution is -0.157. The number of methoxy groups -OCH3 is 1. The molecule has 0 spiro atoms. The standard InChI is InChI=1S/C12H13N5O5S3/c1-22-10-15-16-11(25-10)24-3-5-2-23-9-12(13,14-4-18)8(21)17(9)6(5)7(19)20/h4,9H,2-3,13H2,1H3,(H,14,18)(H,19,20)/t9-,12-/m0/s1. The summed E-state index contributed by atoms with van der Waals surface area (Å²) in [5.41, 5.74) is 4.81. The second-order valence-electron chi connectivity index (χ2n) is 5.05. The van der Waals surface area contributed by atoms with E-state index in [0.29, 0.717) is 33.0 Å². The highest BCUT2D eigenvalue weighted by atomic mass is 32.2. The summed E-state index contributed by atoms with van der Waals surface area (Å²) >= 11 is 3.86. The number of carbonyl (C=O) groups excluding carboxylic acids is 2. The van der Waals surface area contributed by atoms with Gasteiger partial charge in [0.25, 0.3) is 11.1 Å². The fraction of sp³-hybridized carbons (Fsp3) is 0.417. The van der Waals surface area contributed by atoms with E-state index in [1.165, 1.54) is 42.0 Å². The van der Waals surface area contributed by atoms with Gasteiger partial charge in [-0.2, -0.15) is 0 Å². The van der Waals surface area contributed by atoms with Crippen molar-refractivity contribution in [2.24, 2.45) is 5.73 Å². The van der Waals surface area contributed by atoms with E-state index in [1.54, 1.807) is 0 Å². The van der Waals surface area contributed by atoms with Crippen LogP contribution < -0.4 is 15.8 Å². The van der Waals surface area contributed by atoms with Gasteiger partial charge >= 0.3 is 5.97 Å². The van der Waals surface area contributed by atoms with Crippen LogP contribution in [0.1, 0.15) is 0 Å². The van der Waals surface area contributed by atoms with Gasteiger partial charge in [-0.15, -0.1) is 16.9 Å². The lowest BCUT2D eigenvalue weighted by Gasteiger charge is -2.54. The number of nitrogens with one attached hydrogen (secondary N) is 1. The topological polar surface area (TPSA) is 148 Å². The molecule has 2 aliphatic rings. The zero-order valence-corrected chi connectivity index (χ0v) is 15.2. The van der Waals surface area contributed by atoms with Gasteiger partial charge in [0.05, 0.1) is 7.11 Å². The third-order valence-corrected chi connectivity index (χ3v) is 7.14. The molecule has 10 nitrogen and oxygen atoms in total. The number of amides is 2. The van der Waals surface area contributed by atoms with Crippen LogP contribution in [0.15, 0.2) is 15.6 Å². The van der Waals surface area contributed by atoms with E-state index in [1.807, 2.05) is 0 Å². The third-order valence-electron chi connectivity index (χ3n) is 3.62. The van der Waals surface area contributed by atoms with Crippen LogP contribution in [0, 0.1) is 0 Å². The minimum atomic E-state index is -1.57. The highest BCUT2D eigenvalue weighted by Crippen LogP contribution is 2.44. The number of ether oxygens (including phenoxy) is 1. The fourth-order valence-electron chi connectivity index (χ4n) is 2.47. The number of hydrogen-bond acceptors (Lipinski definition) is 10. The molecule has 1 fully saturated rings. The highest BCUT2D eigenvalue weighted by molar-refractivity contribution is 8.01. The summed E-state index contributed by atoms with van der Waals surface area (Å²) in [6.07, 6.45) is 0.341. The molecule has 1 saturated heterocycles. The maximum absolute atomic E-state index is 12.3. The first-order chi connectivity index (χ1) is 11.9. The van der Waals surface area contributed by atoms with Gasteiger partial charge in [-0.3, -0.25) is 20.2 Å². The largest absolute Gasteiger partial charge is 0.477 e. The maximum Gasteiger partial charge on any atom is 0.352 e. The Bertz CT molecular complexity index is 768. The lowest BCUT2D eigenvalue weighted by atomic mass is 9.97. The number of carboxylic acid groups (broad SMARTS) is 1. The molecule has 0 aliphatic carbocycles. The molecule has 0 aromatic carbocycles. The van der Waals surface area contributed by atoms with Gasteiger partial charge in [-0.25, -0.2) is 4.79 Å². The molecule has 2 amide bonds. The van der Waals surface area contributed by atoms with Crippen molar-refractivity contribution in [1.29, 1.82) is 0 Å². The summed E-state index contributed by atoms with van der Waals surface area (Å²) in [5.74, 6) is -1.15. The van der Waals surface area contributed by atoms with Gasteiger partial charge in [0, 0.05) is 11.5 Å². The summed E-state index contributed by atoms with van der Waals surface area (Å²) in [4.78, 5) is 35.8. The second-order valence-corrected chi connectivity index (χ2v) is 8.28. The predicted octanol–water partition coefficient (Wildman–Crippen LogP) is -0.706. The molecule has 0 bridgehead atoms. The van der Waals surface area contributed by atoms with Gasteiger partial charge in [-0.05, 0) is 16.9 Å². The monoisotopic (exact) mass is 403 g/mol. The van der Waals surface area contributed by atoms with Gasteiger partial charge in [-0.1, -0.05) is 16.9 Å². The van der Waals surface area contributed by atoms with Crippen molar-refractivity contribution < 1.29 is 24.2 Å². The van der Waals surface area contributed by atoms with E-state index in [-0.39, 0.29) is 5.70 Å². The van der Waals surface area contributed by atoms with Crippen molar-refractivity contribution in [2.75, 3.05) is 18.6 Å². The molecule has 0 saturated carbocycles. The molecule has 0 radical (unpaired) electrons. The van der Waals surface area contributed by atoms with Crippen molar-refractivity contribution in [3.8, 4) is 5.19 Å². The number of hydrogen-bond donors (Lipinski definition) is 3. The lowest BCUT2D eigenvalue weighted by Crippen LogP contribution is -2.83. The van der Waals surface area contributed by atoms with E-state index in [0.717, 1.165) is 4.90 Å². The van der Waals surface area contributed by atoms with Crippen molar-refractivity contribution in [2.45, 2.75) is 15.4 Å². The molecule has 4 N–H and O–H groups in total. The van der Waals surface area contributed by atoms with Gasteiger partial charge in [0.15, 0.2) is 4.34 Å². The molecule has 2 atom stereocenters. The number of rotatable bonds is 7. The van der Waals surface area contributed by atoms with E-state index >= 15 is 0 Å². The summed E-state index contributed by atoms with van der Waals surface area (Å²) in [6.45, 7) is 0. The minimum absolute atomic E-state index is 0.0912. The Balaban J connectivity index is 1.81. The van der Waals surface area contributed by atoms with Crippen LogP contribution in [0.4, 0.5) is 0 Å². The van der Waals surface area contributed by atoms with E-state index < -0.39 is 22.9 Å². The Morgan fingerprint density at radius 1 is 1.64 bits per heavy atom. The van der Waals surface area contributed by atoms with Crippen LogP contribution in [0.2, 0.25) is 0 Å². The van der Waals surface area contributed by atoms with E-state index in [4.69, 9.17) is 10.5 Å². The average Bonchev–Trinajstić information content (AvgIpc) is 3.06. The first-order valence-electron chi connectivity index (χ1n) is 6.83. The van der Waals surface area contributed by atoms with Crippen molar-refractivity contribution >= 4 is 53.1 Å². The maximum atomic E-state index is 12.3. The van der Waals surface area contributed by atoms with Gasteiger partial charge in [0.2, 0.25) is 12.1 Å². The van der Waals surface area contributed by atoms with Gasteiger partial charge < -0.3 is 15.2 Å². The van der Waals surface area contributed by atoms with Gasteiger partial charge in [0.1, 0.15) is 11.1 Å². The molecular weight excluding hydrogens is 390 g/mol. The predicted molar refractivity (Wildman–Crippen MR) is 91.1 cm³/mol. The Kier molecular flexibility index (Phi) is 4.90. The summed E-state index contributed by atoms with van der Waals surface area (Å²) in [7, 11) is 1.49. The molecule has 3 heterocycles. The second kappa shape index (κ2) is 6.82. The summed E-state index contributed by atoms with van der Waals surface area (Å²) < 4.78 is 5.60. The summed E-state index contributed by atoms with van der Waals surface area (Å²) in [5, 5.41) is 19.3. The number of aliphatic carboxylic acids is 1. The van der Waals surface area contributed by atoms with E-state index in [9.17, 15) is 19.5 Å². The Hall–Kier alpha value is -1.83. The average molecular weight is 403 g/mol. The molecule has 1 aromatic rings. The number of carboxylic acids is 1. The van der Waals surface area contributed by atoms with Crippen molar-refractivity contribution in [3.63, 3.8) is 0 Å². The van der Waals surface area contributed by atoms with Crippen molar-refractivity contribution in [1.82, 2.24) is 20.4 Å².